The molecule has 0 saturated heterocycles. The number of aryl methyl sites for hydroxylation is 1. The van der Waals surface area contributed by atoms with Crippen molar-refractivity contribution in [3.8, 4) is 0 Å². The Bertz CT molecular complexity index is 1400. The summed E-state index contributed by atoms with van der Waals surface area (Å²) in [6, 6.07) is 11.8. The smallest absolute Gasteiger partial charge is 0.370 e. The standard InChI is InChI=1S/C25H27N3O6S2/c29-24(30)14-2-1-5-17-28-19-9-3-4-11-21(19)35-23(28)13-6-12-22-26-25-20(34-22)10-7-15-27(25)16-8-18-36(31,32)33/h3-4,6-7,9-13,15H,1-2,5,8,14,16-18H2,(H-,29,30,31,32,33). The number of hydrogen-bond acceptors (Lipinski definition) is 8. The Hall–Kier alpha value is -3.15. The van der Waals surface area contributed by atoms with E-state index in [1.165, 1.54) is 4.90 Å². The highest BCUT2D eigenvalue weighted by molar-refractivity contribution is 8.03. The molecule has 190 valence electrons. The lowest BCUT2D eigenvalue weighted by Crippen LogP contribution is -2.35. The fraction of sp³-hybridized carbons (Fsp3) is 0.320. The van der Waals surface area contributed by atoms with Crippen LogP contribution in [0, 0.1) is 0 Å². The molecule has 1 N–H and O–H groups in total. The molecular weight excluding hydrogens is 502 g/mol. The number of aliphatic carboxylic acids is 1. The number of benzene rings is 1. The minimum atomic E-state index is -4.25. The van der Waals surface area contributed by atoms with Gasteiger partial charge >= 0.3 is 17.5 Å². The third-order valence-electron chi connectivity index (χ3n) is 5.62. The molecule has 0 atom stereocenters. The third-order valence-corrected chi connectivity index (χ3v) is 7.54. The summed E-state index contributed by atoms with van der Waals surface area (Å²) in [6.07, 6.45) is 10.2. The first-order chi connectivity index (χ1) is 17.3. The summed E-state index contributed by atoms with van der Waals surface area (Å²) >= 11 is 1.68. The second kappa shape index (κ2) is 11.7. The van der Waals surface area contributed by atoms with E-state index in [0.29, 0.717) is 30.1 Å². The molecule has 0 radical (unpaired) electrons. The zero-order chi connectivity index (χ0) is 25.5. The fourth-order valence-electron chi connectivity index (χ4n) is 3.97. The largest absolute Gasteiger partial charge is 0.748 e. The predicted molar refractivity (Wildman–Crippen MR) is 136 cm³/mol. The van der Waals surface area contributed by atoms with E-state index in [4.69, 9.17) is 9.52 Å². The van der Waals surface area contributed by atoms with E-state index in [-0.39, 0.29) is 12.8 Å². The second-order valence-corrected chi connectivity index (χ2v) is 10.9. The molecule has 9 nitrogen and oxygen atoms in total. The number of carbonyl (C=O) groups is 1. The van der Waals surface area contributed by atoms with Crippen LogP contribution in [0.4, 0.5) is 5.69 Å². The van der Waals surface area contributed by atoms with Gasteiger partial charge in [-0.25, -0.2) is 13.0 Å². The van der Waals surface area contributed by atoms with Gasteiger partial charge in [0.2, 0.25) is 5.58 Å². The monoisotopic (exact) mass is 529 g/mol. The van der Waals surface area contributed by atoms with Crippen LogP contribution in [0.1, 0.15) is 38.0 Å². The van der Waals surface area contributed by atoms with Crippen LogP contribution in [0.2, 0.25) is 0 Å². The number of oxazole rings is 1. The number of fused-ring (bicyclic) bond motifs is 2. The molecule has 2 aromatic heterocycles. The maximum Gasteiger partial charge on any atom is 0.370 e. The Morgan fingerprint density at radius 2 is 2.00 bits per heavy atom. The van der Waals surface area contributed by atoms with Crippen LogP contribution in [0.25, 0.3) is 17.3 Å². The summed E-state index contributed by atoms with van der Waals surface area (Å²) in [5.74, 6) is -0.771. The highest BCUT2D eigenvalue weighted by Crippen LogP contribution is 2.45. The summed E-state index contributed by atoms with van der Waals surface area (Å²) in [7, 11) is -4.25. The van der Waals surface area contributed by atoms with Gasteiger partial charge in [0, 0.05) is 34.7 Å². The van der Waals surface area contributed by atoms with Gasteiger partial charge in [0.05, 0.1) is 33.6 Å². The molecule has 0 bridgehead atoms. The number of carboxylic acid groups (broad SMARTS) is 1. The Kier molecular flexibility index (Phi) is 8.44. The highest BCUT2D eigenvalue weighted by atomic mass is 32.2. The highest BCUT2D eigenvalue weighted by Gasteiger charge is 2.24. The molecule has 11 heteroatoms. The van der Waals surface area contributed by atoms with E-state index >= 15 is 0 Å². The number of anilines is 1. The average molecular weight is 530 g/mol. The van der Waals surface area contributed by atoms with E-state index in [2.05, 4.69) is 22.0 Å². The Morgan fingerprint density at radius 3 is 2.81 bits per heavy atom. The van der Waals surface area contributed by atoms with Crippen molar-refractivity contribution in [3.05, 3.63) is 65.7 Å². The summed E-state index contributed by atoms with van der Waals surface area (Å²) in [5.41, 5.74) is 2.29. The average Bonchev–Trinajstić information content (AvgIpc) is 3.39. The van der Waals surface area contributed by atoms with Crippen molar-refractivity contribution in [1.82, 2.24) is 4.98 Å². The van der Waals surface area contributed by atoms with E-state index < -0.39 is 21.8 Å². The molecule has 0 aliphatic carbocycles. The third kappa shape index (κ3) is 6.96. The van der Waals surface area contributed by atoms with Crippen molar-refractivity contribution in [2.75, 3.05) is 17.2 Å². The lowest BCUT2D eigenvalue weighted by molar-refractivity contribution is -0.673. The minimum Gasteiger partial charge on any atom is -0.748 e. The number of nitrogens with zero attached hydrogens (tertiary/aromatic N) is 3. The SMILES string of the molecule is O=C(O)CCCCCN1/C(=C\C=C\c2nc3c(ccc[n+]3CCCS(=O)(=O)[O-])o2)Sc2ccccc21. The lowest BCUT2D eigenvalue weighted by Gasteiger charge is -2.20. The van der Waals surface area contributed by atoms with Crippen LogP contribution in [-0.4, -0.2) is 41.3 Å². The normalized spacial score (nSPS) is 14.8. The van der Waals surface area contributed by atoms with Crippen molar-refractivity contribution < 1.29 is 31.9 Å². The number of aromatic nitrogens is 2. The van der Waals surface area contributed by atoms with E-state index in [9.17, 15) is 17.8 Å². The molecule has 3 heterocycles. The predicted octanol–water partition coefficient (Wildman–Crippen LogP) is 4.16. The second-order valence-electron chi connectivity index (χ2n) is 8.35. The fourth-order valence-corrected chi connectivity index (χ4v) is 5.55. The molecule has 1 aliphatic rings. The van der Waals surface area contributed by atoms with Crippen LogP contribution in [0.15, 0.2) is 69.1 Å². The number of para-hydroxylation sites is 1. The summed E-state index contributed by atoms with van der Waals surface area (Å²) < 4.78 is 40.2. The molecule has 0 unspecified atom stereocenters. The van der Waals surface area contributed by atoms with Crippen molar-refractivity contribution in [3.63, 3.8) is 0 Å². The lowest BCUT2D eigenvalue weighted by atomic mass is 10.2. The van der Waals surface area contributed by atoms with Crippen molar-refractivity contribution in [2.24, 2.45) is 0 Å². The van der Waals surface area contributed by atoms with Crippen LogP contribution in [0.5, 0.6) is 0 Å². The summed E-state index contributed by atoms with van der Waals surface area (Å²) in [4.78, 5) is 18.7. The Morgan fingerprint density at radius 1 is 1.17 bits per heavy atom. The van der Waals surface area contributed by atoms with Crippen LogP contribution < -0.4 is 9.47 Å². The van der Waals surface area contributed by atoms with Crippen molar-refractivity contribution >= 4 is 50.8 Å². The molecule has 0 saturated carbocycles. The van der Waals surface area contributed by atoms with Crippen molar-refractivity contribution in [1.29, 1.82) is 0 Å². The number of pyridine rings is 1. The molecule has 1 aliphatic heterocycles. The molecule has 1 aromatic carbocycles. The minimum absolute atomic E-state index is 0.193. The number of rotatable bonds is 12. The number of hydrogen-bond donors (Lipinski definition) is 1. The number of allylic oxidation sites excluding steroid dienone is 2. The summed E-state index contributed by atoms with van der Waals surface area (Å²) in [6.45, 7) is 1.14. The maximum atomic E-state index is 10.9. The Balaban J connectivity index is 1.45. The van der Waals surface area contributed by atoms with Gasteiger partial charge in [-0.15, -0.1) is 0 Å². The maximum absolute atomic E-state index is 10.9. The molecule has 4 rings (SSSR count). The topological polar surface area (TPSA) is 128 Å². The van der Waals surface area contributed by atoms with Gasteiger partial charge in [-0.3, -0.25) is 4.79 Å². The van der Waals surface area contributed by atoms with Gasteiger partial charge in [0.25, 0.3) is 0 Å². The number of unbranched alkanes of at least 4 members (excludes halogenated alkanes) is 2. The molecule has 0 amide bonds. The van der Waals surface area contributed by atoms with Gasteiger partial charge in [-0.1, -0.05) is 36.4 Å². The molecule has 0 fully saturated rings. The molecule has 0 spiro atoms. The summed E-state index contributed by atoms with van der Waals surface area (Å²) in [5, 5.41) is 9.90. The first kappa shape index (κ1) is 25.9. The van der Waals surface area contributed by atoms with Crippen LogP contribution >= 0.6 is 11.8 Å². The zero-order valence-electron chi connectivity index (χ0n) is 19.6. The first-order valence-corrected chi connectivity index (χ1v) is 14.1. The van der Waals surface area contributed by atoms with Gasteiger partial charge in [-0.05, 0) is 49.6 Å². The van der Waals surface area contributed by atoms with E-state index in [0.717, 1.165) is 30.1 Å². The van der Waals surface area contributed by atoms with Gasteiger partial charge in [0.1, 0.15) is 0 Å². The number of thioether (sulfide) groups is 1. The molecule has 3 aromatic rings. The van der Waals surface area contributed by atoms with Gasteiger partial charge in [0.15, 0.2) is 0 Å². The number of carboxylic acids is 1. The van der Waals surface area contributed by atoms with Gasteiger partial charge in [-0.2, -0.15) is 0 Å². The molecular formula is C25H27N3O6S2. The zero-order valence-corrected chi connectivity index (χ0v) is 21.2. The van der Waals surface area contributed by atoms with Crippen LogP contribution in [0.3, 0.4) is 0 Å². The molecule has 36 heavy (non-hydrogen) atoms. The van der Waals surface area contributed by atoms with E-state index in [1.807, 2.05) is 24.3 Å². The van der Waals surface area contributed by atoms with Crippen molar-refractivity contribution in [2.45, 2.75) is 43.5 Å². The quantitative estimate of drug-likeness (QED) is 0.209. The van der Waals surface area contributed by atoms with Gasteiger partial charge < -0.3 is 19.0 Å². The van der Waals surface area contributed by atoms with Crippen LogP contribution in [-0.2, 0) is 21.5 Å². The Labute approximate surface area is 213 Å². The van der Waals surface area contributed by atoms with E-state index in [1.54, 1.807) is 40.7 Å². The first-order valence-electron chi connectivity index (χ1n) is 11.7.